The lowest BCUT2D eigenvalue weighted by atomic mass is 10.1. The van der Waals surface area contributed by atoms with E-state index >= 15 is 0 Å². The summed E-state index contributed by atoms with van der Waals surface area (Å²) in [6.07, 6.45) is 0.956. The van der Waals surface area contributed by atoms with E-state index in [1.165, 1.54) is 24.8 Å². The van der Waals surface area contributed by atoms with Crippen molar-refractivity contribution < 1.29 is 19.0 Å². The molecule has 190 valence electrons. The number of nitrogens with one attached hydrogen (secondary N) is 1. The van der Waals surface area contributed by atoms with Crippen molar-refractivity contribution in [2.24, 2.45) is 0 Å². The first-order valence-electron chi connectivity index (χ1n) is 11.7. The molecule has 10 heteroatoms. The topological polar surface area (TPSA) is 92.3 Å². The fraction of sp³-hybridized carbons (Fsp3) is 0.346. The van der Waals surface area contributed by atoms with E-state index in [0.717, 1.165) is 25.3 Å². The van der Waals surface area contributed by atoms with Gasteiger partial charge in [-0.05, 0) is 56.4 Å². The molecule has 10 nitrogen and oxygen atoms in total. The minimum absolute atomic E-state index is 0.246. The number of nitrogens with zero attached hydrogens (tertiary/aromatic N) is 5. The third kappa shape index (κ3) is 5.77. The molecule has 1 amide bonds. The van der Waals surface area contributed by atoms with Crippen molar-refractivity contribution >= 4 is 29.2 Å². The Balaban J connectivity index is 1.42. The molecule has 2 heterocycles. The molecule has 1 aliphatic rings. The molecule has 3 aromatic rings. The highest BCUT2D eigenvalue weighted by atomic mass is 16.6. The molecular weight excluding hydrogens is 460 g/mol. The average Bonchev–Trinajstić information content (AvgIpc) is 2.90. The number of ether oxygens (including phenoxy) is 3. The number of benzene rings is 2. The Bertz CT molecular complexity index is 1190. The number of carbonyl (C=O) groups is 1. The van der Waals surface area contributed by atoms with E-state index in [-0.39, 0.29) is 5.75 Å². The van der Waals surface area contributed by atoms with Crippen LogP contribution >= 0.6 is 0 Å². The van der Waals surface area contributed by atoms with Crippen molar-refractivity contribution in [2.45, 2.75) is 13.0 Å². The van der Waals surface area contributed by atoms with E-state index in [9.17, 15) is 4.79 Å². The number of anilines is 4. The quantitative estimate of drug-likeness (QED) is 0.525. The van der Waals surface area contributed by atoms with Gasteiger partial charge in [0.25, 0.3) is 0 Å². The Labute approximate surface area is 211 Å². The smallest absolute Gasteiger partial charge is 0.420 e. The normalized spacial score (nSPS) is 15.8. The highest BCUT2D eigenvalue weighted by Crippen LogP contribution is 2.32. The zero-order valence-electron chi connectivity index (χ0n) is 21.3. The van der Waals surface area contributed by atoms with Gasteiger partial charge in [0.1, 0.15) is 11.6 Å². The average molecular weight is 493 g/mol. The second kappa shape index (κ2) is 11.1. The summed E-state index contributed by atoms with van der Waals surface area (Å²) in [4.78, 5) is 27.6. The predicted molar refractivity (Wildman–Crippen MR) is 140 cm³/mol. The lowest BCUT2D eigenvalue weighted by Crippen LogP contribution is -2.50. The van der Waals surface area contributed by atoms with Crippen molar-refractivity contribution in [3.8, 4) is 17.2 Å². The van der Waals surface area contributed by atoms with Gasteiger partial charge >= 0.3 is 6.09 Å². The maximum Gasteiger partial charge on any atom is 0.420 e. The Morgan fingerprint density at radius 2 is 1.83 bits per heavy atom. The van der Waals surface area contributed by atoms with Crippen LogP contribution in [0.4, 0.5) is 27.9 Å². The number of amides is 1. The first kappa shape index (κ1) is 25.1. The van der Waals surface area contributed by atoms with Gasteiger partial charge in [0.2, 0.25) is 5.95 Å². The van der Waals surface area contributed by atoms with Crippen molar-refractivity contribution in [3.05, 3.63) is 54.7 Å². The first-order chi connectivity index (χ1) is 17.4. The molecule has 1 aliphatic heterocycles. The number of likely N-dealkylation sites (N-methyl/N-ethyl adjacent to an activating group) is 1. The van der Waals surface area contributed by atoms with E-state index in [1.807, 2.05) is 12.1 Å². The monoisotopic (exact) mass is 492 g/mol. The molecule has 1 fully saturated rings. The van der Waals surface area contributed by atoms with Crippen LogP contribution in [0.2, 0.25) is 0 Å². The van der Waals surface area contributed by atoms with Crippen LogP contribution in [0, 0.1) is 0 Å². The molecule has 1 saturated heterocycles. The largest absolute Gasteiger partial charge is 0.497 e. The van der Waals surface area contributed by atoms with Gasteiger partial charge in [0, 0.05) is 56.4 Å². The van der Waals surface area contributed by atoms with Crippen LogP contribution in [0.3, 0.4) is 0 Å². The van der Waals surface area contributed by atoms with Crippen molar-refractivity contribution in [2.75, 3.05) is 63.1 Å². The molecular formula is C26H32N6O4. The van der Waals surface area contributed by atoms with Gasteiger partial charge in [-0.3, -0.25) is 4.90 Å². The summed E-state index contributed by atoms with van der Waals surface area (Å²) >= 11 is 0. The zero-order valence-corrected chi connectivity index (χ0v) is 21.3. The lowest BCUT2D eigenvalue weighted by molar-refractivity contribution is 0.206. The third-order valence-corrected chi connectivity index (χ3v) is 6.27. The summed E-state index contributed by atoms with van der Waals surface area (Å²) in [5, 5.41) is 3.20. The summed E-state index contributed by atoms with van der Waals surface area (Å²) < 4.78 is 16.0. The lowest BCUT2D eigenvalue weighted by Gasteiger charge is -2.39. The Hall–Kier alpha value is -4.05. The van der Waals surface area contributed by atoms with Crippen LogP contribution in [0.1, 0.15) is 6.92 Å². The number of piperazine rings is 1. The zero-order chi connectivity index (χ0) is 25.7. The highest BCUT2D eigenvalue weighted by molar-refractivity contribution is 5.88. The van der Waals surface area contributed by atoms with Gasteiger partial charge in [-0.25, -0.2) is 9.78 Å². The third-order valence-electron chi connectivity index (χ3n) is 6.27. The molecule has 2 aromatic carbocycles. The second-order valence-electron chi connectivity index (χ2n) is 8.63. The van der Waals surface area contributed by atoms with Gasteiger partial charge in [0.05, 0.1) is 14.2 Å². The maximum atomic E-state index is 12.8. The fourth-order valence-corrected chi connectivity index (χ4v) is 3.88. The SMILES string of the molecule is COc1ccc(OC)c(OC(=O)N(C)c2ccnc(Nc3ccc(N4CCN(C)C(C)C4)cc3)n2)c1. The van der Waals surface area contributed by atoms with Crippen LogP contribution in [-0.4, -0.2) is 75.0 Å². The number of hydrogen-bond acceptors (Lipinski definition) is 9. The molecule has 36 heavy (non-hydrogen) atoms. The molecule has 4 rings (SSSR count). The van der Waals surface area contributed by atoms with Crippen molar-refractivity contribution in [1.82, 2.24) is 14.9 Å². The molecule has 0 aliphatic carbocycles. The van der Waals surface area contributed by atoms with Gasteiger partial charge in [-0.2, -0.15) is 4.98 Å². The summed E-state index contributed by atoms with van der Waals surface area (Å²) in [6, 6.07) is 15.3. The molecule has 0 saturated carbocycles. The molecule has 0 radical (unpaired) electrons. The Morgan fingerprint density at radius 3 is 2.53 bits per heavy atom. The molecule has 1 atom stereocenters. The number of carbonyl (C=O) groups excluding carboxylic acids is 1. The molecule has 1 aromatic heterocycles. The number of rotatable bonds is 7. The Morgan fingerprint density at radius 1 is 1.06 bits per heavy atom. The van der Waals surface area contributed by atoms with E-state index in [0.29, 0.717) is 29.3 Å². The highest BCUT2D eigenvalue weighted by Gasteiger charge is 2.21. The summed E-state index contributed by atoms with van der Waals surface area (Å²) in [7, 11) is 6.78. The van der Waals surface area contributed by atoms with Crippen LogP contribution in [0.5, 0.6) is 17.2 Å². The molecule has 1 N–H and O–H groups in total. The van der Waals surface area contributed by atoms with Crippen LogP contribution in [-0.2, 0) is 0 Å². The van der Waals surface area contributed by atoms with Crippen LogP contribution in [0.15, 0.2) is 54.7 Å². The van der Waals surface area contributed by atoms with Crippen LogP contribution in [0.25, 0.3) is 0 Å². The van der Waals surface area contributed by atoms with Gasteiger partial charge in [0.15, 0.2) is 11.5 Å². The molecule has 0 spiro atoms. The van der Waals surface area contributed by atoms with Gasteiger partial charge < -0.3 is 29.3 Å². The van der Waals surface area contributed by atoms with E-state index in [2.05, 4.69) is 51.2 Å². The standard InChI is InChI=1S/C26H32N6O4/c1-18-17-32(15-14-30(18)2)20-8-6-19(7-9-20)28-25-27-13-12-24(29-25)31(3)26(33)36-23-16-21(34-4)10-11-22(23)35-5/h6-13,16,18H,14-15,17H2,1-5H3,(H,27,28,29). The van der Waals surface area contributed by atoms with Crippen molar-refractivity contribution in [1.29, 1.82) is 0 Å². The number of methoxy groups -OCH3 is 2. The van der Waals surface area contributed by atoms with Crippen molar-refractivity contribution in [3.63, 3.8) is 0 Å². The molecule has 0 bridgehead atoms. The number of hydrogen-bond donors (Lipinski definition) is 1. The van der Waals surface area contributed by atoms with E-state index in [4.69, 9.17) is 14.2 Å². The summed E-state index contributed by atoms with van der Waals surface area (Å²) in [6.45, 7) is 5.29. The second-order valence-corrected chi connectivity index (χ2v) is 8.63. The maximum absolute atomic E-state index is 12.8. The molecule has 1 unspecified atom stereocenters. The minimum atomic E-state index is -0.628. The summed E-state index contributed by atoms with van der Waals surface area (Å²) in [5.74, 6) is 1.95. The van der Waals surface area contributed by atoms with E-state index in [1.54, 1.807) is 37.5 Å². The predicted octanol–water partition coefficient (Wildman–Crippen LogP) is 4.01. The van der Waals surface area contributed by atoms with Gasteiger partial charge in [-0.15, -0.1) is 0 Å². The Kier molecular flexibility index (Phi) is 7.74. The fourth-order valence-electron chi connectivity index (χ4n) is 3.88. The van der Waals surface area contributed by atoms with Crippen LogP contribution < -0.4 is 29.3 Å². The van der Waals surface area contributed by atoms with Gasteiger partial charge in [-0.1, -0.05) is 0 Å². The minimum Gasteiger partial charge on any atom is -0.497 e. The first-order valence-corrected chi connectivity index (χ1v) is 11.7. The number of aromatic nitrogens is 2. The summed E-state index contributed by atoms with van der Waals surface area (Å²) in [5.41, 5.74) is 2.04. The van der Waals surface area contributed by atoms with E-state index < -0.39 is 6.09 Å².